The van der Waals surface area contributed by atoms with Gasteiger partial charge in [0, 0.05) is 11.6 Å². The van der Waals surface area contributed by atoms with Crippen molar-refractivity contribution >= 4 is 0 Å². The molecule has 0 aliphatic heterocycles. The summed E-state index contributed by atoms with van der Waals surface area (Å²) in [6.07, 6.45) is 2.88. The third kappa shape index (κ3) is 4.77. The zero-order chi connectivity index (χ0) is 21.0. The first-order valence-electron chi connectivity index (χ1n) is 10.5. The van der Waals surface area contributed by atoms with Gasteiger partial charge in [0.15, 0.2) is 11.6 Å². The van der Waals surface area contributed by atoms with Crippen LogP contribution in [0.3, 0.4) is 0 Å². The van der Waals surface area contributed by atoms with Crippen molar-refractivity contribution in [2.45, 2.75) is 70.3 Å². The lowest BCUT2D eigenvalue weighted by molar-refractivity contribution is 0.160. The van der Waals surface area contributed by atoms with Crippen molar-refractivity contribution in [3.8, 4) is 5.75 Å². The highest BCUT2D eigenvalue weighted by atomic mass is 19.2. The maximum absolute atomic E-state index is 14.7. The van der Waals surface area contributed by atoms with Crippen molar-refractivity contribution in [1.29, 1.82) is 0 Å². The van der Waals surface area contributed by atoms with Crippen LogP contribution in [0.2, 0.25) is 0 Å². The molecule has 5 heteroatoms. The standard InChI is InChI=1S/C24H29F3O2/c1-3-5-22(28)20-13-12-19(23(26)24(20)27)16-8-6-15(7-9-16)18-11-10-17(29-4-2)14-21(18)25/h10-16,22,28H,3-9H2,1-2H3. The third-order valence-corrected chi connectivity index (χ3v) is 5.95. The van der Waals surface area contributed by atoms with Gasteiger partial charge in [-0.25, -0.2) is 13.2 Å². The predicted molar refractivity (Wildman–Crippen MR) is 108 cm³/mol. The van der Waals surface area contributed by atoms with E-state index in [1.807, 2.05) is 13.8 Å². The smallest absolute Gasteiger partial charge is 0.164 e. The molecule has 0 aromatic heterocycles. The quantitative estimate of drug-likeness (QED) is 0.549. The number of hydrogen-bond donors (Lipinski definition) is 1. The van der Waals surface area contributed by atoms with Crippen molar-refractivity contribution in [2.24, 2.45) is 0 Å². The van der Waals surface area contributed by atoms with Gasteiger partial charge in [-0.3, -0.25) is 0 Å². The van der Waals surface area contributed by atoms with Crippen molar-refractivity contribution in [1.82, 2.24) is 0 Å². The van der Waals surface area contributed by atoms with Crippen LogP contribution in [0.1, 0.15) is 87.0 Å². The highest BCUT2D eigenvalue weighted by Gasteiger charge is 2.29. The van der Waals surface area contributed by atoms with E-state index >= 15 is 0 Å². The van der Waals surface area contributed by atoms with Crippen LogP contribution in [0.4, 0.5) is 13.2 Å². The van der Waals surface area contributed by atoms with Crippen molar-refractivity contribution in [3.63, 3.8) is 0 Å². The highest BCUT2D eigenvalue weighted by molar-refractivity contribution is 5.33. The summed E-state index contributed by atoms with van der Waals surface area (Å²) in [5.41, 5.74) is 1.05. The van der Waals surface area contributed by atoms with Crippen LogP contribution in [-0.4, -0.2) is 11.7 Å². The Morgan fingerprint density at radius 2 is 1.55 bits per heavy atom. The van der Waals surface area contributed by atoms with Crippen LogP contribution >= 0.6 is 0 Å². The van der Waals surface area contributed by atoms with Crippen LogP contribution in [-0.2, 0) is 0 Å². The molecule has 0 amide bonds. The fraction of sp³-hybridized carbons (Fsp3) is 0.500. The molecule has 158 valence electrons. The van der Waals surface area contributed by atoms with E-state index in [1.54, 1.807) is 18.2 Å². The Morgan fingerprint density at radius 3 is 2.14 bits per heavy atom. The fourth-order valence-electron chi connectivity index (χ4n) is 4.39. The van der Waals surface area contributed by atoms with Gasteiger partial charge in [-0.05, 0) is 68.1 Å². The Hall–Kier alpha value is -2.01. The van der Waals surface area contributed by atoms with Crippen LogP contribution in [0.5, 0.6) is 5.75 Å². The number of benzene rings is 2. The Bertz CT molecular complexity index is 829. The summed E-state index contributed by atoms with van der Waals surface area (Å²) in [6, 6.07) is 8.08. The Kier molecular flexibility index (Phi) is 7.23. The average molecular weight is 406 g/mol. The van der Waals surface area contributed by atoms with E-state index in [9.17, 15) is 18.3 Å². The van der Waals surface area contributed by atoms with Crippen molar-refractivity contribution in [2.75, 3.05) is 6.61 Å². The molecule has 2 aromatic carbocycles. The minimum atomic E-state index is -0.984. The average Bonchev–Trinajstić information content (AvgIpc) is 2.71. The largest absolute Gasteiger partial charge is 0.494 e. The third-order valence-electron chi connectivity index (χ3n) is 5.95. The fourth-order valence-corrected chi connectivity index (χ4v) is 4.39. The van der Waals surface area contributed by atoms with Crippen LogP contribution in [0.25, 0.3) is 0 Å². The van der Waals surface area contributed by atoms with Gasteiger partial charge < -0.3 is 9.84 Å². The summed E-state index contributed by atoms with van der Waals surface area (Å²) in [6.45, 7) is 4.23. The van der Waals surface area contributed by atoms with E-state index < -0.39 is 17.7 Å². The van der Waals surface area contributed by atoms with E-state index in [0.29, 0.717) is 49.2 Å². The number of halogens is 3. The molecule has 0 radical (unpaired) electrons. The summed E-state index contributed by atoms with van der Waals surface area (Å²) < 4.78 is 49.0. The van der Waals surface area contributed by atoms with Crippen molar-refractivity contribution in [3.05, 3.63) is 64.5 Å². The van der Waals surface area contributed by atoms with Gasteiger partial charge in [0.25, 0.3) is 0 Å². The second-order valence-electron chi connectivity index (χ2n) is 7.84. The number of aliphatic hydroxyl groups excluding tert-OH is 1. The molecule has 1 atom stereocenters. The summed E-state index contributed by atoms with van der Waals surface area (Å²) >= 11 is 0. The lowest BCUT2D eigenvalue weighted by atomic mass is 9.75. The molecule has 29 heavy (non-hydrogen) atoms. The Balaban J connectivity index is 1.70. The first-order chi connectivity index (χ1) is 14.0. The molecule has 0 spiro atoms. The second-order valence-corrected chi connectivity index (χ2v) is 7.84. The highest BCUT2D eigenvalue weighted by Crippen LogP contribution is 2.43. The first-order valence-corrected chi connectivity index (χ1v) is 10.5. The van der Waals surface area contributed by atoms with E-state index in [-0.39, 0.29) is 23.2 Å². The SMILES string of the molecule is CCCC(O)c1ccc(C2CCC(c3ccc(OCC)cc3F)CC2)c(F)c1F. The number of hydrogen-bond acceptors (Lipinski definition) is 2. The molecule has 1 fully saturated rings. The lowest BCUT2D eigenvalue weighted by Gasteiger charge is -2.30. The molecule has 1 aliphatic rings. The molecular weight excluding hydrogens is 377 g/mol. The van der Waals surface area contributed by atoms with E-state index in [0.717, 1.165) is 12.8 Å². The molecule has 2 nitrogen and oxygen atoms in total. The maximum atomic E-state index is 14.7. The molecule has 2 aromatic rings. The van der Waals surface area contributed by atoms with Crippen LogP contribution in [0.15, 0.2) is 30.3 Å². The summed E-state index contributed by atoms with van der Waals surface area (Å²) in [5.74, 6) is -1.57. The number of rotatable bonds is 7. The Morgan fingerprint density at radius 1 is 0.931 bits per heavy atom. The maximum Gasteiger partial charge on any atom is 0.164 e. The van der Waals surface area contributed by atoms with Crippen LogP contribution < -0.4 is 4.74 Å². The minimum absolute atomic E-state index is 0.0262. The monoisotopic (exact) mass is 406 g/mol. The molecule has 1 N–H and O–H groups in total. The normalized spacial score (nSPS) is 20.5. The zero-order valence-electron chi connectivity index (χ0n) is 17.1. The summed E-state index contributed by atoms with van der Waals surface area (Å²) in [5, 5.41) is 10.0. The molecule has 1 saturated carbocycles. The van der Waals surface area contributed by atoms with Gasteiger partial charge in [-0.15, -0.1) is 0 Å². The van der Waals surface area contributed by atoms with Crippen LogP contribution in [0, 0.1) is 17.5 Å². The van der Waals surface area contributed by atoms with E-state index in [4.69, 9.17) is 4.74 Å². The summed E-state index contributed by atoms with van der Waals surface area (Å²) in [4.78, 5) is 0. The number of ether oxygens (including phenoxy) is 1. The minimum Gasteiger partial charge on any atom is -0.494 e. The summed E-state index contributed by atoms with van der Waals surface area (Å²) in [7, 11) is 0. The van der Waals surface area contributed by atoms with Gasteiger partial charge in [-0.1, -0.05) is 31.5 Å². The number of aliphatic hydroxyl groups is 1. The molecule has 0 bridgehead atoms. The van der Waals surface area contributed by atoms with E-state index in [1.165, 1.54) is 12.1 Å². The van der Waals surface area contributed by atoms with Gasteiger partial charge in [0.1, 0.15) is 11.6 Å². The van der Waals surface area contributed by atoms with Gasteiger partial charge in [-0.2, -0.15) is 0 Å². The predicted octanol–water partition coefficient (Wildman–Crippen LogP) is 6.78. The molecule has 1 unspecified atom stereocenters. The molecule has 0 saturated heterocycles. The van der Waals surface area contributed by atoms with Gasteiger partial charge in [0.2, 0.25) is 0 Å². The molecule has 3 rings (SSSR count). The van der Waals surface area contributed by atoms with Gasteiger partial charge in [0.05, 0.1) is 12.7 Å². The lowest BCUT2D eigenvalue weighted by Crippen LogP contribution is -2.15. The van der Waals surface area contributed by atoms with Crippen molar-refractivity contribution < 1.29 is 23.0 Å². The second kappa shape index (κ2) is 9.66. The molecule has 1 aliphatic carbocycles. The topological polar surface area (TPSA) is 29.5 Å². The van der Waals surface area contributed by atoms with Gasteiger partial charge >= 0.3 is 0 Å². The first kappa shape index (κ1) is 21.7. The Labute approximate surface area is 170 Å². The molecular formula is C24H29F3O2. The van der Waals surface area contributed by atoms with E-state index in [2.05, 4.69) is 0 Å². The molecule has 0 heterocycles. The zero-order valence-corrected chi connectivity index (χ0v) is 17.1.